The molecule has 0 unspecified atom stereocenters. The van der Waals surface area contributed by atoms with Gasteiger partial charge in [0, 0.05) is 6.26 Å². The molecule has 1 heterocycles. The molecule has 5 heteroatoms. The van der Waals surface area contributed by atoms with Crippen molar-refractivity contribution in [3.63, 3.8) is 0 Å². The van der Waals surface area contributed by atoms with Crippen molar-refractivity contribution in [1.82, 2.24) is 5.32 Å². The summed E-state index contributed by atoms with van der Waals surface area (Å²) in [6, 6.07) is 6.99. The third-order valence-corrected chi connectivity index (χ3v) is 6.05. The molecule has 1 saturated carbocycles. The van der Waals surface area contributed by atoms with Gasteiger partial charge < -0.3 is 10.1 Å². The summed E-state index contributed by atoms with van der Waals surface area (Å²) in [6.07, 6.45) is 5.17. The van der Waals surface area contributed by atoms with Crippen LogP contribution in [0.5, 0.6) is 0 Å². The summed E-state index contributed by atoms with van der Waals surface area (Å²) in [5, 5.41) is 3.42. The number of hydrogen-bond donors (Lipinski definition) is 1. The van der Waals surface area contributed by atoms with Gasteiger partial charge in [-0.1, -0.05) is 12.1 Å². The fraction of sp³-hybridized carbons (Fsp3) is 0.647. The van der Waals surface area contributed by atoms with Crippen LogP contribution in [0.3, 0.4) is 0 Å². The van der Waals surface area contributed by atoms with Gasteiger partial charge >= 0.3 is 0 Å². The van der Waals surface area contributed by atoms with Gasteiger partial charge in [0.15, 0.2) is 9.84 Å². The van der Waals surface area contributed by atoms with Crippen molar-refractivity contribution in [3.8, 4) is 0 Å². The molecule has 0 aromatic heterocycles. The van der Waals surface area contributed by atoms with E-state index >= 15 is 0 Å². The van der Waals surface area contributed by atoms with Crippen LogP contribution >= 0.6 is 0 Å². The smallest absolute Gasteiger partial charge is 0.175 e. The zero-order valence-electron chi connectivity index (χ0n) is 13.1. The van der Waals surface area contributed by atoms with E-state index in [0.29, 0.717) is 11.5 Å². The molecule has 1 aromatic carbocycles. The Kier molecular flexibility index (Phi) is 4.85. The summed E-state index contributed by atoms with van der Waals surface area (Å²) >= 11 is 0. The van der Waals surface area contributed by atoms with Crippen molar-refractivity contribution in [3.05, 3.63) is 29.8 Å². The highest BCUT2D eigenvalue weighted by Gasteiger charge is 2.42. The Hall–Kier alpha value is -0.910. The van der Waals surface area contributed by atoms with Gasteiger partial charge in [0.05, 0.1) is 18.1 Å². The molecule has 4 nitrogen and oxygen atoms in total. The number of sulfone groups is 1. The maximum absolute atomic E-state index is 11.4. The number of rotatable bonds is 6. The molecule has 1 aliphatic heterocycles. The second kappa shape index (κ2) is 6.69. The second-order valence-electron chi connectivity index (χ2n) is 6.68. The van der Waals surface area contributed by atoms with E-state index in [4.69, 9.17) is 4.74 Å². The van der Waals surface area contributed by atoms with Gasteiger partial charge in [-0.25, -0.2) is 8.42 Å². The maximum Gasteiger partial charge on any atom is 0.175 e. The van der Waals surface area contributed by atoms with Gasteiger partial charge in [0.25, 0.3) is 0 Å². The zero-order valence-corrected chi connectivity index (χ0v) is 13.9. The number of nitrogens with one attached hydrogen (secondary N) is 1. The molecule has 22 heavy (non-hydrogen) atoms. The molecule has 1 aromatic rings. The van der Waals surface area contributed by atoms with Gasteiger partial charge in [0.1, 0.15) is 0 Å². The Morgan fingerprint density at radius 1 is 1.18 bits per heavy atom. The Morgan fingerprint density at radius 2 is 1.86 bits per heavy atom. The van der Waals surface area contributed by atoms with E-state index in [1.807, 2.05) is 12.1 Å². The first kappa shape index (κ1) is 16.0. The van der Waals surface area contributed by atoms with Crippen LogP contribution in [0, 0.1) is 17.8 Å². The highest BCUT2D eigenvalue weighted by Crippen LogP contribution is 2.47. The van der Waals surface area contributed by atoms with Crippen LogP contribution in [0.1, 0.15) is 24.8 Å². The summed E-state index contributed by atoms with van der Waals surface area (Å²) in [5.41, 5.74) is 1.03. The fourth-order valence-electron chi connectivity index (χ4n) is 3.47. The molecule has 0 amide bonds. The number of hydrogen-bond acceptors (Lipinski definition) is 4. The van der Waals surface area contributed by atoms with E-state index in [-0.39, 0.29) is 0 Å². The molecular weight excluding hydrogens is 298 g/mol. The molecule has 0 bridgehead atoms. The van der Waals surface area contributed by atoms with Crippen LogP contribution < -0.4 is 5.32 Å². The highest BCUT2D eigenvalue weighted by atomic mass is 32.2. The Balaban J connectivity index is 1.40. The Labute approximate surface area is 133 Å². The third-order valence-electron chi connectivity index (χ3n) is 4.92. The standard InChI is InChI=1S/C17H25NO3S/c1-22(19,20)16-4-2-13(3-5-16)11-21-12-15-10-17(15)14-6-8-18-9-7-14/h2-5,14-15,17-18H,6-12H2,1H3/t15-,17+/m0/s1. The SMILES string of the molecule is CS(=O)(=O)c1ccc(COC[C@@H]2C[C@@H]2C2CCNCC2)cc1. The molecule has 0 radical (unpaired) electrons. The van der Waals surface area contributed by atoms with E-state index in [9.17, 15) is 8.42 Å². The van der Waals surface area contributed by atoms with Crippen LogP contribution in [0.2, 0.25) is 0 Å². The minimum absolute atomic E-state index is 0.365. The molecule has 1 aliphatic carbocycles. The minimum atomic E-state index is -3.11. The quantitative estimate of drug-likeness (QED) is 0.872. The van der Waals surface area contributed by atoms with Crippen molar-refractivity contribution >= 4 is 9.84 Å². The van der Waals surface area contributed by atoms with E-state index in [1.165, 1.54) is 38.6 Å². The lowest BCUT2D eigenvalue weighted by Gasteiger charge is -2.22. The number of benzene rings is 1. The first-order valence-electron chi connectivity index (χ1n) is 8.11. The molecule has 2 atom stereocenters. The summed E-state index contributed by atoms with van der Waals surface area (Å²) in [7, 11) is -3.11. The molecule has 122 valence electrons. The van der Waals surface area contributed by atoms with Crippen LogP contribution in [0.4, 0.5) is 0 Å². The van der Waals surface area contributed by atoms with Gasteiger partial charge in [-0.15, -0.1) is 0 Å². The monoisotopic (exact) mass is 323 g/mol. The highest BCUT2D eigenvalue weighted by molar-refractivity contribution is 7.90. The summed E-state index contributed by atoms with van der Waals surface area (Å²) < 4.78 is 28.6. The maximum atomic E-state index is 11.4. The van der Waals surface area contributed by atoms with Gasteiger partial charge in [-0.05, 0) is 67.8 Å². The normalized spacial score (nSPS) is 26.0. The Bertz CT molecular complexity index is 591. The lowest BCUT2D eigenvalue weighted by molar-refractivity contribution is 0.104. The van der Waals surface area contributed by atoms with Crippen LogP contribution in [-0.4, -0.2) is 34.4 Å². The average molecular weight is 323 g/mol. The van der Waals surface area contributed by atoms with Crippen LogP contribution in [0.25, 0.3) is 0 Å². The van der Waals surface area contributed by atoms with Crippen molar-refractivity contribution < 1.29 is 13.2 Å². The predicted molar refractivity (Wildman–Crippen MR) is 86.4 cm³/mol. The lowest BCUT2D eigenvalue weighted by atomic mass is 9.92. The van der Waals surface area contributed by atoms with Crippen LogP contribution in [-0.2, 0) is 21.2 Å². The van der Waals surface area contributed by atoms with E-state index in [0.717, 1.165) is 29.9 Å². The first-order valence-corrected chi connectivity index (χ1v) is 10.0. The number of ether oxygens (including phenoxy) is 1. The second-order valence-corrected chi connectivity index (χ2v) is 8.69. The molecule has 2 aliphatic rings. The zero-order chi connectivity index (χ0) is 15.6. The van der Waals surface area contributed by atoms with Gasteiger partial charge in [0.2, 0.25) is 0 Å². The fourth-order valence-corrected chi connectivity index (χ4v) is 4.10. The van der Waals surface area contributed by atoms with E-state index < -0.39 is 9.84 Å². The molecule has 0 spiro atoms. The Morgan fingerprint density at radius 3 is 2.50 bits per heavy atom. The van der Waals surface area contributed by atoms with Crippen molar-refractivity contribution in [2.45, 2.75) is 30.8 Å². The molecule has 1 N–H and O–H groups in total. The van der Waals surface area contributed by atoms with Crippen LogP contribution in [0.15, 0.2) is 29.2 Å². The van der Waals surface area contributed by atoms with Gasteiger partial charge in [-0.3, -0.25) is 0 Å². The topological polar surface area (TPSA) is 55.4 Å². The van der Waals surface area contributed by atoms with Crippen molar-refractivity contribution in [2.75, 3.05) is 26.0 Å². The third kappa shape index (κ3) is 4.09. The first-order chi connectivity index (χ1) is 10.5. The predicted octanol–water partition coefficient (Wildman–Crippen LogP) is 2.24. The molecule has 1 saturated heterocycles. The van der Waals surface area contributed by atoms with Crippen molar-refractivity contribution in [2.24, 2.45) is 17.8 Å². The lowest BCUT2D eigenvalue weighted by Crippen LogP contribution is -2.29. The minimum Gasteiger partial charge on any atom is -0.376 e. The number of piperidine rings is 1. The average Bonchev–Trinajstić information content (AvgIpc) is 3.27. The largest absolute Gasteiger partial charge is 0.376 e. The summed E-state index contributed by atoms with van der Waals surface area (Å²) in [6.45, 7) is 3.74. The van der Waals surface area contributed by atoms with Crippen molar-refractivity contribution in [1.29, 1.82) is 0 Å². The molecular formula is C17H25NO3S. The van der Waals surface area contributed by atoms with Gasteiger partial charge in [-0.2, -0.15) is 0 Å². The summed E-state index contributed by atoms with van der Waals surface area (Å²) in [4.78, 5) is 0.365. The van der Waals surface area contributed by atoms with E-state index in [1.54, 1.807) is 12.1 Å². The molecule has 2 fully saturated rings. The molecule has 3 rings (SSSR count). The van der Waals surface area contributed by atoms with E-state index in [2.05, 4.69) is 5.32 Å². The summed E-state index contributed by atoms with van der Waals surface area (Å²) in [5.74, 6) is 2.50.